The smallest absolute Gasteiger partial charge is 0.291 e. The van der Waals surface area contributed by atoms with Crippen LogP contribution < -0.4 is 5.56 Å². The molecule has 0 aromatic carbocycles. The average molecular weight is 372 g/mol. The van der Waals surface area contributed by atoms with Crippen LogP contribution in [-0.2, 0) is 17.8 Å². The summed E-state index contributed by atoms with van der Waals surface area (Å²) >= 11 is 1.68. The van der Waals surface area contributed by atoms with Crippen LogP contribution in [0.15, 0.2) is 16.9 Å². The van der Waals surface area contributed by atoms with Gasteiger partial charge in [-0.2, -0.15) is 5.10 Å². The Morgan fingerprint density at radius 3 is 2.88 bits per heavy atom. The van der Waals surface area contributed by atoms with Gasteiger partial charge in [0.25, 0.3) is 5.56 Å². The minimum absolute atomic E-state index is 0.0123. The highest BCUT2D eigenvalue weighted by Crippen LogP contribution is 2.28. The molecule has 6 nitrogen and oxygen atoms in total. The second kappa shape index (κ2) is 6.54. The number of rotatable bonds is 3. The van der Waals surface area contributed by atoms with Crippen LogP contribution in [0.4, 0.5) is 0 Å². The molecule has 3 aromatic rings. The first-order valence-electron chi connectivity index (χ1n) is 9.27. The van der Waals surface area contributed by atoms with Crippen LogP contribution in [0.2, 0.25) is 0 Å². The molecule has 0 N–H and O–H groups in total. The summed E-state index contributed by atoms with van der Waals surface area (Å²) in [4.78, 5) is 28.7. The predicted molar refractivity (Wildman–Crippen MR) is 104 cm³/mol. The molecule has 1 amide bonds. The van der Waals surface area contributed by atoms with Crippen molar-refractivity contribution in [1.82, 2.24) is 19.1 Å². The lowest BCUT2D eigenvalue weighted by molar-refractivity contribution is -0.133. The summed E-state index contributed by atoms with van der Waals surface area (Å²) in [5, 5.41) is 4.53. The molecule has 0 unspecified atom stereocenters. The maximum absolute atomic E-state index is 12.9. The van der Waals surface area contributed by atoms with Crippen molar-refractivity contribution in [1.29, 1.82) is 0 Å². The number of likely N-dealkylation sites (tertiary alicyclic amines) is 1. The first-order chi connectivity index (χ1) is 12.5. The summed E-state index contributed by atoms with van der Waals surface area (Å²) in [7, 11) is 0. The summed E-state index contributed by atoms with van der Waals surface area (Å²) in [6, 6.07) is 4.03. The second-order valence-corrected chi connectivity index (χ2v) is 8.58. The number of piperidine rings is 1. The summed E-state index contributed by atoms with van der Waals surface area (Å²) in [6.07, 6.45) is 2.89. The van der Waals surface area contributed by atoms with Gasteiger partial charge in [-0.15, -0.1) is 11.3 Å². The topological polar surface area (TPSA) is 59.6 Å². The molecule has 1 aliphatic rings. The van der Waals surface area contributed by atoms with Crippen LogP contribution in [0.5, 0.6) is 0 Å². The second-order valence-electron chi connectivity index (χ2n) is 7.29. The zero-order valence-corrected chi connectivity index (χ0v) is 16.3. The SMILES string of the molecule is CCc1nn(CC(=O)N2CCC[C@@H](C)C2)c(=O)c2cc3sc(C)cc3n12. The molecular formula is C19H24N4O2S. The number of amides is 1. The van der Waals surface area contributed by atoms with Gasteiger partial charge in [0.05, 0.1) is 10.2 Å². The van der Waals surface area contributed by atoms with E-state index < -0.39 is 0 Å². The highest BCUT2D eigenvalue weighted by atomic mass is 32.1. The molecule has 1 fully saturated rings. The number of fused-ring (bicyclic) bond motifs is 3. The zero-order valence-electron chi connectivity index (χ0n) is 15.5. The van der Waals surface area contributed by atoms with Crippen LogP contribution in [0.3, 0.4) is 0 Å². The van der Waals surface area contributed by atoms with Crippen molar-refractivity contribution in [3.8, 4) is 0 Å². The van der Waals surface area contributed by atoms with Gasteiger partial charge in [0.2, 0.25) is 5.91 Å². The molecule has 138 valence electrons. The first kappa shape index (κ1) is 17.3. The summed E-state index contributed by atoms with van der Waals surface area (Å²) < 4.78 is 4.39. The lowest BCUT2D eigenvalue weighted by Crippen LogP contribution is -2.43. The van der Waals surface area contributed by atoms with E-state index in [1.165, 1.54) is 9.56 Å². The Labute approximate surface area is 156 Å². The predicted octanol–water partition coefficient (Wildman–Crippen LogP) is 2.84. The Morgan fingerprint density at radius 1 is 1.35 bits per heavy atom. The third kappa shape index (κ3) is 2.84. The molecule has 0 saturated carbocycles. The molecule has 7 heteroatoms. The molecule has 0 bridgehead atoms. The van der Waals surface area contributed by atoms with Crippen molar-refractivity contribution in [3.05, 3.63) is 33.2 Å². The standard InChI is InChI=1S/C19H24N4O2S/c1-4-17-20-22(11-18(24)21-7-5-6-12(2)10-21)19(25)15-9-16-14(23(15)17)8-13(3)26-16/h8-9,12H,4-7,10-11H2,1-3H3/t12-/m1/s1. The lowest BCUT2D eigenvalue weighted by atomic mass is 10.0. The van der Waals surface area contributed by atoms with Gasteiger partial charge in [-0.1, -0.05) is 13.8 Å². The van der Waals surface area contributed by atoms with E-state index in [4.69, 9.17) is 0 Å². The molecular weight excluding hydrogens is 348 g/mol. The largest absolute Gasteiger partial charge is 0.341 e. The molecule has 4 heterocycles. The summed E-state index contributed by atoms with van der Waals surface area (Å²) in [5.74, 6) is 1.32. The number of carbonyl (C=O) groups excluding carboxylic acids is 1. The van der Waals surface area contributed by atoms with Crippen LogP contribution >= 0.6 is 11.3 Å². The third-order valence-corrected chi connectivity index (χ3v) is 6.16. The van der Waals surface area contributed by atoms with Crippen molar-refractivity contribution in [2.24, 2.45) is 5.92 Å². The van der Waals surface area contributed by atoms with Gasteiger partial charge in [-0.05, 0) is 37.8 Å². The minimum atomic E-state index is -0.193. The van der Waals surface area contributed by atoms with Crippen molar-refractivity contribution in [2.75, 3.05) is 13.1 Å². The molecule has 1 atom stereocenters. The monoisotopic (exact) mass is 372 g/mol. The van der Waals surface area contributed by atoms with E-state index in [1.807, 2.05) is 22.3 Å². The fourth-order valence-electron chi connectivity index (χ4n) is 3.89. The van der Waals surface area contributed by atoms with Gasteiger partial charge in [0, 0.05) is 24.4 Å². The van der Waals surface area contributed by atoms with Crippen molar-refractivity contribution in [2.45, 2.75) is 46.6 Å². The average Bonchev–Trinajstić information content (AvgIpc) is 3.13. The molecule has 0 spiro atoms. The van der Waals surface area contributed by atoms with E-state index in [0.29, 0.717) is 17.9 Å². The van der Waals surface area contributed by atoms with Gasteiger partial charge < -0.3 is 4.90 Å². The fourth-order valence-corrected chi connectivity index (χ4v) is 4.84. The Bertz CT molecular complexity index is 1050. The van der Waals surface area contributed by atoms with Crippen LogP contribution in [0.25, 0.3) is 15.7 Å². The van der Waals surface area contributed by atoms with E-state index in [1.54, 1.807) is 11.3 Å². The number of hydrogen-bond donors (Lipinski definition) is 0. The molecule has 26 heavy (non-hydrogen) atoms. The Hall–Kier alpha value is -2.15. The molecule has 0 aliphatic carbocycles. The summed E-state index contributed by atoms with van der Waals surface area (Å²) in [5.41, 5.74) is 1.45. The van der Waals surface area contributed by atoms with Crippen molar-refractivity contribution in [3.63, 3.8) is 0 Å². The maximum atomic E-state index is 12.9. The summed E-state index contributed by atoms with van der Waals surface area (Å²) in [6.45, 7) is 7.83. The molecule has 3 aromatic heterocycles. The minimum Gasteiger partial charge on any atom is -0.341 e. The van der Waals surface area contributed by atoms with E-state index in [-0.39, 0.29) is 18.0 Å². The molecule has 0 radical (unpaired) electrons. The van der Waals surface area contributed by atoms with Gasteiger partial charge in [0.15, 0.2) is 0 Å². The Kier molecular flexibility index (Phi) is 4.34. The van der Waals surface area contributed by atoms with Crippen molar-refractivity contribution >= 4 is 33.0 Å². The van der Waals surface area contributed by atoms with Crippen molar-refractivity contribution < 1.29 is 4.79 Å². The Morgan fingerprint density at radius 2 is 2.15 bits per heavy atom. The van der Waals surface area contributed by atoms with Gasteiger partial charge in [0.1, 0.15) is 17.9 Å². The van der Waals surface area contributed by atoms with E-state index in [0.717, 1.165) is 42.0 Å². The molecule has 1 saturated heterocycles. The quantitative estimate of drug-likeness (QED) is 0.710. The Balaban J connectivity index is 1.75. The number of hydrogen-bond acceptors (Lipinski definition) is 4. The molecule has 1 aliphatic heterocycles. The van der Waals surface area contributed by atoms with E-state index in [9.17, 15) is 9.59 Å². The first-order valence-corrected chi connectivity index (χ1v) is 10.1. The maximum Gasteiger partial charge on any atom is 0.291 e. The number of aryl methyl sites for hydroxylation is 2. The highest BCUT2D eigenvalue weighted by Gasteiger charge is 2.23. The number of nitrogens with zero attached hydrogens (tertiary/aromatic N) is 4. The zero-order chi connectivity index (χ0) is 18.4. The van der Waals surface area contributed by atoms with Crippen LogP contribution in [-0.4, -0.2) is 38.1 Å². The lowest BCUT2D eigenvalue weighted by Gasteiger charge is -2.31. The fraction of sp³-hybridized carbons (Fsp3) is 0.526. The van der Waals surface area contributed by atoms with Gasteiger partial charge in [-0.3, -0.25) is 14.0 Å². The van der Waals surface area contributed by atoms with Crippen LogP contribution in [0, 0.1) is 12.8 Å². The molecule has 4 rings (SSSR count). The highest BCUT2D eigenvalue weighted by molar-refractivity contribution is 7.19. The number of thiophene rings is 1. The van der Waals surface area contributed by atoms with Gasteiger partial charge in [-0.25, -0.2) is 4.68 Å². The van der Waals surface area contributed by atoms with Gasteiger partial charge >= 0.3 is 0 Å². The van der Waals surface area contributed by atoms with E-state index in [2.05, 4.69) is 25.0 Å². The van der Waals surface area contributed by atoms with Crippen LogP contribution in [0.1, 0.15) is 37.4 Å². The normalized spacial score (nSPS) is 18.1. The van der Waals surface area contributed by atoms with E-state index >= 15 is 0 Å². The third-order valence-electron chi connectivity index (χ3n) is 5.17. The number of carbonyl (C=O) groups is 1. The number of aromatic nitrogens is 3.